The van der Waals surface area contributed by atoms with Gasteiger partial charge in [-0.1, -0.05) is 23.2 Å². The highest BCUT2D eigenvalue weighted by Gasteiger charge is 2.36. The summed E-state index contributed by atoms with van der Waals surface area (Å²) in [4.78, 5) is 67.8. The van der Waals surface area contributed by atoms with Crippen LogP contribution in [0.3, 0.4) is 0 Å². The number of nitrogens with zero attached hydrogens (tertiary/aromatic N) is 9. The minimum Gasteiger partial charge on any atom is -0.481 e. The van der Waals surface area contributed by atoms with Gasteiger partial charge in [-0.3, -0.25) is 44.0 Å². The predicted molar refractivity (Wildman–Crippen MR) is 237 cm³/mol. The molecular formula is C41H35Br2Cl2F2N11O4. The van der Waals surface area contributed by atoms with Crippen molar-refractivity contribution in [2.45, 2.75) is 6.92 Å². The highest BCUT2D eigenvalue weighted by Crippen LogP contribution is 2.32. The molecule has 320 valence electrons. The summed E-state index contributed by atoms with van der Waals surface area (Å²) in [5, 5.41) is 8.03. The summed E-state index contributed by atoms with van der Waals surface area (Å²) in [7, 11) is 0. The normalized spacial score (nSPS) is 18.0. The number of hydrogen-bond acceptors (Lipinski definition) is 13. The van der Waals surface area contributed by atoms with Crippen molar-refractivity contribution >= 4 is 94.7 Å². The molecule has 0 aliphatic carbocycles. The first-order valence-electron chi connectivity index (χ1n) is 18.2. The first-order valence-corrected chi connectivity index (χ1v) is 20.5. The zero-order chi connectivity index (χ0) is 43.4. The summed E-state index contributed by atoms with van der Waals surface area (Å²) in [5.41, 5.74) is 4.13. The van der Waals surface area contributed by atoms with Crippen molar-refractivity contribution in [3.63, 3.8) is 0 Å². The fourth-order valence-electron chi connectivity index (χ4n) is 6.75. The van der Waals surface area contributed by atoms with E-state index in [1.807, 2.05) is 18.2 Å². The highest BCUT2D eigenvalue weighted by molar-refractivity contribution is 9.10. The Morgan fingerprint density at radius 2 is 1.16 bits per heavy atom. The smallest absolute Gasteiger partial charge is 0.300 e. The van der Waals surface area contributed by atoms with Gasteiger partial charge in [0.15, 0.2) is 0 Å². The number of fused-ring (bicyclic) bond motifs is 2. The number of aromatic amines is 1. The third-order valence-corrected chi connectivity index (χ3v) is 10.4. The molecule has 21 heteroatoms. The molecule has 5 N–H and O–H groups in total. The van der Waals surface area contributed by atoms with Crippen LogP contribution in [-0.2, 0) is 4.79 Å². The molecule has 4 bridgehead atoms. The Hall–Kier alpha value is -5.22. The van der Waals surface area contributed by atoms with Crippen molar-refractivity contribution in [1.29, 1.82) is 0 Å². The van der Waals surface area contributed by atoms with Crippen molar-refractivity contribution in [1.82, 2.24) is 55.7 Å². The maximum absolute atomic E-state index is 14.2. The summed E-state index contributed by atoms with van der Waals surface area (Å²) in [6.45, 7) is 8.21. The number of Topliss-reactive ketones (excluding diaryl/α,β-unsaturated/α-hetero) is 2. The largest absolute Gasteiger partial charge is 0.481 e. The average molecular weight is 1010 g/mol. The van der Waals surface area contributed by atoms with E-state index in [0.717, 1.165) is 34.6 Å². The molecule has 7 aromatic rings. The van der Waals surface area contributed by atoms with E-state index in [0.29, 0.717) is 43.2 Å². The van der Waals surface area contributed by atoms with Crippen molar-refractivity contribution in [3.05, 3.63) is 133 Å². The minimum absolute atomic E-state index is 0. The second-order valence-corrected chi connectivity index (χ2v) is 16.6. The second kappa shape index (κ2) is 20.3. The predicted octanol–water partition coefficient (Wildman–Crippen LogP) is 8.73. The highest BCUT2D eigenvalue weighted by atomic mass is 79.9. The van der Waals surface area contributed by atoms with E-state index in [4.69, 9.17) is 33.1 Å². The number of carbonyl (C=O) groups is 3. The molecule has 15 nitrogen and oxygen atoms in total. The van der Waals surface area contributed by atoms with Crippen LogP contribution in [0.25, 0.3) is 44.7 Å². The first-order chi connectivity index (χ1) is 29.2. The van der Waals surface area contributed by atoms with E-state index in [1.54, 1.807) is 30.6 Å². The molecule has 5 aromatic heterocycles. The van der Waals surface area contributed by atoms with Gasteiger partial charge in [0.05, 0.1) is 85.4 Å². The molecule has 9 heterocycles. The summed E-state index contributed by atoms with van der Waals surface area (Å²) in [6.07, 6.45) is 4.82. The second-order valence-electron chi connectivity index (χ2n) is 13.9. The van der Waals surface area contributed by atoms with Crippen LogP contribution in [0.5, 0.6) is 0 Å². The summed E-state index contributed by atoms with van der Waals surface area (Å²) in [6, 6.07) is 18.0. The Morgan fingerprint density at radius 1 is 0.661 bits per heavy atom. The van der Waals surface area contributed by atoms with Crippen LogP contribution in [0, 0.1) is 11.6 Å². The minimum atomic E-state index is -1.00. The van der Waals surface area contributed by atoms with Crippen molar-refractivity contribution in [2.24, 2.45) is 0 Å². The van der Waals surface area contributed by atoms with Gasteiger partial charge in [-0.25, -0.2) is 23.7 Å². The van der Waals surface area contributed by atoms with Crippen LogP contribution in [0.4, 0.5) is 8.78 Å². The Morgan fingerprint density at radius 3 is 1.73 bits per heavy atom. The summed E-state index contributed by atoms with van der Waals surface area (Å²) < 4.78 is 29.4. The topological polar surface area (TPSA) is 200 Å². The van der Waals surface area contributed by atoms with Crippen LogP contribution < -0.4 is 6.15 Å². The van der Waals surface area contributed by atoms with Crippen LogP contribution >= 0.6 is 55.1 Å². The van der Waals surface area contributed by atoms with E-state index < -0.39 is 29.2 Å². The summed E-state index contributed by atoms with van der Waals surface area (Å²) >= 11 is 18.4. The molecule has 4 aliphatic rings. The van der Waals surface area contributed by atoms with Crippen molar-refractivity contribution in [3.8, 4) is 22.6 Å². The monoisotopic (exact) mass is 1010 g/mol. The zero-order valence-electron chi connectivity index (χ0n) is 32.6. The molecule has 0 radical (unpaired) electrons. The molecule has 0 spiro atoms. The Bertz CT molecular complexity index is 2740. The van der Waals surface area contributed by atoms with Crippen LogP contribution in [0.15, 0.2) is 100 Å². The van der Waals surface area contributed by atoms with Gasteiger partial charge in [-0.05, 0) is 105 Å². The third-order valence-electron chi connectivity index (χ3n) is 9.10. The number of hydrogen-bond donors (Lipinski definition) is 3. The van der Waals surface area contributed by atoms with Gasteiger partial charge >= 0.3 is 0 Å². The maximum atomic E-state index is 14.2. The fourth-order valence-corrected chi connectivity index (χ4v) is 7.73. The van der Waals surface area contributed by atoms with E-state index in [2.05, 4.69) is 81.4 Å². The average Bonchev–Trinajstić information content (AvgIpc) is 3.71. The Balaban J connectivity index is 0.000000156. The molecule has 4 aliphatic heterocycles. The van der Waals surface area contributed by atoms with Crippen molar-refractivity contribution < 1.29 is 28.3 Å². The number of halogens is 6. The van der Waals surface area contributed by atoms with Gasteiger partial charge in [0.1, 0.15) is 23.0 Å². The van der Waals surface area contributed by atoms with Gasteiger partial charge in [0, 0.05) is 43.9 Å². The van der Waals surface area contributed by atoms with Gasteiger partial charge in [-0.2, -0.15) is 0 Å². The number of aliphatic carboxylic acids is 1. The molecule has 62 heavy (non-hydrogen) atoms. The lowest BCUT2D eigenvalue weighted by molar-refractivity contribution is -0.194. The standard InChI is InChI=1S/C17H9BrClFN4.C16H7BrClFN2O2.C6H12N4.C2H4O2.H3N/c18-9-5-15-13(21-7-9)3-4-14(24-15)17-16(22-8-23-17)11-6-10(19)1-2-12(11)20;17-8-5-14-12(20-7-8)3-4-13(21-14)16(23)15(22)10-6-9(18)1-2-11(10)19;1-7-2-9-4-8(1)5-10(3-7)6-9;1-2(3)4;/h1-8H,(H,22,23);1-7H;1-6H2;1H3,(H,3,4);1H3. The molecule has 11 rings (SSSR count). The van der Waals surface area contributed by atoms with Crippen molar-refractivity contribution in [2.75, 3.05) is 40.0 Å². The first kappa shape index (κ1) is 46.3. The van der Waals surface area contributed by atoms with Crippen LogP contribution in [0.1, 0.15) is 27.8 Å². The van der Waals surface area contributed by atoms with Gasteiger partial charge < -0.3 is 16.2 Å². The number of pyridine rings is 4. The maximum Gasteiger partial charge on any atom is 0.300 e. The van der Waals surface area contributed by atoms with E-state index in [-0.39, 0.29) is 22.4 Å². The lowest BCUT2D eigenvalue weighted by atomic mass is 10.0. The molecule has 2 aromatic carbocycles. The number of imidazole rings is 1. The number of benzene rings is 2. The molecule has 0 unspecified atom stereocenters. The van der Waals surface area contributed by atoms with Gasteiger partial charge in [0.2, 0.25) is 5.78 Å². The molecule has 0 saturated carbocycles. The molecule has 0 atom stereocenters. The lowest BCUT2D eigenvalue weighted by Crippen LogP contribution is -2.71. The molecule has 4 saturated heterocycles. The molecule has 4 fully saturated rings. The van der Waals surface area contributed by atoms with Gasteiger partial charge in [0.25, 0.3) is 11.8 Å². The summed E-state index contributed by atoms with van der Waals surface area (Å²) in [5.74, 6) is -3.94. The van der Waals surface area contributed by atoms with Crippen LogP contribution in [0.2, 0.25) is 10.0 Å². The lowest BCUT2D eigenvalue weighted by Gasteiger charge is -2.56. The van der Waals surface area contributed by atoms with E-state index in [1.165, 1.54) is 70.6 Å². The Labute approximate surface area is 379 Å². The van der Waals surface area contributed by atoms with E-state index >= 15 is 0 Å². The van der Waals surface area contributed by atoms with Crippen LogP contribution in [-0.4, -0.2) is 112 Å². The Kier molecular flexibility index (Phi) is 15.2. The number of ketones is 2. The van der Waals surface area contributed by atoms with E-state index in [9.17, 15) is 18.4 Å². The number of H-pyrrole nitrogens is 1. The quantitative estimate of drug-likeness (QED) is 0.109. The number of aromatic nitrogens is 6. The number of carbonyl (C=O) groups excluding carboxylic acids is 2. The molecular weight excluding hydrogens is 979 g/mol. The number of carboxylic acids is 1. The molecule has 0 amide bonds. The third kappa shape index (κ3) is 11.2. The SMILES string of the molecule is C1N2CN3CN1CN(C2)C3.CC(=O)O.Fc1ccc(Cl)cc1-c1nc[nH]c1-c1ccc2ncc(Br)cc2n1.N.O=C(C(=O)c1cc(Cl)ccc1F)c1ccc2ncc(Br)cc2n1. The number of carboxylic acid groups (broad SMARTS) is 1. The number of rotatable bonds is 5. The number of nitrogens with one attached hydrogen (secondary N) is 1. The van der Waals surface area contributed by atoms with Gasteiger partial charge in [-0.15, -0.1) is 0 Å². The fraction of sp³-hybridized carbons (Fsp3) is 0.171. The zero-order valence-corrected chi connectivity index (χ0v) is 37.3.